The van der Waals surface area contributed by atoms with Crippen molar-refractivity contribution in [1.82, 2.24) is 5.32 Å². The zero-order valence-corrected chi connectivity index (χ0v) is 11.2. The van der Waals surface area contributed by atoms with Gasteiger partial charge in [0.15, 0.2) is 0 Å². The SMILES string of the molecule is CCOC(=O)C(COc1cccc(CC)c1)NC. The maximum atomic E-state index is 11.6. The second-order valence-corrected chi connectivity index (χ2v) is 3.91. The Morgan fingerprint density at radius 2 is 2.17 bits per heavy atom. The first-order valence-corrected chi connectivity index (χ1v) is 6.26. The lowest BCUT2D eigenvalue weighted by atomic mass is 10.2. The zero-order chi connectivity index (χ0) is 13.4. The molecule has 18 heavy (non-hydrogen) atoms. The molecule has 0 saturated carbocycles. The lowest BCUT2D eigenvalue weighted by molar-refractivity contribution is -0.146. The molecular formula is C14H21NO3. The largest absolute Gasteiger partial charge is 0.491 e. The van der Waals surface area contributed by atoms with Gasteiger partial charge >= 0.3 is 5.97 Å². The van der Waals surface area contributed by atoms with Gasteiger partial charge in [-0.05, 0) is 38.1 Å². The Morgan fingerprint density at radius 1 is 1.39 bits per heavy atom. The normalized spacial score (nSPS) is 11.9. The summed E-state index contributed by atoms with van der Waals surface area (Å²) in [6.07, 6.45) is 0.963. The molecule has 0 amide bonds. The van der Waals surface area contributed by atoms with Crippen LogP contribution in [0, 0.1) is 0 Å². The summed E-state index contributed by atoms with van der Waals surface area (Å²) >= 11 is 0. The minimum absolute atomic E-state index is 0.266. The number of aryl methyl sites for hydroxylation is 1. The molecule has 4 nitrogen and oxygen atoms in total. The van der Waals surface area contributed by atoms with Crippen molar-refractivity contribution in [3.8, 4) is 5.75 Å². The van der Waals surface area contributed by atoms with Gasteiger partial charge in [-0.3, -0.25) is 4.79 Å². The average molecular weight is 251 g/mol. The average Bonchev–Trinajstić information content (AvgIpc) is 2.40. The zero-order valence-electron chi connectivity index (χ0n) is 11.2. The molecule has 0 fully saturated rings. The van der Waals surface area contributed by atoms with E-state index in [0.717, 1.165) is 12.2 Å². The van der Waals surface area contributed by atoms with Gasteiger partial charge in [0.05, 0.1) is 6.61 Å². The van der Waals surface area contributed by atoms with Gasteiger partial charge in [-0.25, -0.2) is 0 Å². The summed E-state index contributed by atoms with van der Waals surface area (Å²) < 4.78 is 10.6. The van der Waals surface area contributed by atoms with E-state index in [1.165, 1.54) is 5.56 Å². The van der Waals surface area contributed by atoms with Crippen molar-refractivity contribution in [2.45, 2.75) is 26.3 Å². The number of likely N-dealkylation sites (N-methyl/N-ethyl adjacent to an activating group) is 1. The fourth-order valence-electron chi connectivity index (χ4n) is 1.55. The molecule has 1 aromatic carbocycles. The second kappa shape index (κ2) is 7.71. The Morgan fingerprint density at radius 3 is 2.78 bits per heavy atom. The van der Waals surface area contributed by atoms with E-state index < -0.39 is 6.04 Å². The molecule has 0 aliphatic rings. The summed E-state index contributed by atoms with van der Waals surface area (Å²) in [5.74, 6) is 0.491. The van der Waals surface area contributed by atoms with Crippen molar-refractivity contribution in [1.29, 1.82) is 0 Å². The first-order valence-electron chi connectivity index (χ1n) is 6.26. The fourth-order valence-corrected chi connectivity index (χ4v) is 1.55. The fraction of sp³-hybridized carbons (Fsp3) is 0.500. The van der Waals surface area contributed by atoms with Gasteiger partial charge in [-0.2, -0.15) is 0 Å². The van der Waals surface area contributed by atoms with Gasteiger partial charge in [0.1, 0.15) is 18.4 Å². The number of rotatable bonds is 7. The van der Waals surface area contributed by atoms with Crippen molar-refractivity contribution >= 4 is 5.97 Å². The smallest absolute Gasteiger partial charge is 0.326 e. The van der Waals surface area contributed by atoms with E-state index in [9.17, 15) is 4.79 Å². The second-order valence-electron chi connectivity index (χ2n) is 3.91. The summed E-state index contributed by atoms with van der Waals surface area (Å²) in [4.78, 5) is 11.6. The Bertz CT molecular complexity index is 379. The van der Waals surface area contributed by atoms with Crippen molar-refractivity contribution in [3.63, 3.8) is 0 Å². The number of carbonyl (C=O) groups is 1. The molecule has 0 saturated heterocycles. The van der Waals surface area contributed by atoms with E-state index >= 15 is 0 Å². The summed E-state index contributed by atoms with van der Waals surface area (Å²) in [5.41, 5.74) is 1.21. The number of hydrogen-bond donors (Lipinski definition) is 1. The highest BCUT2D eigenvalue weighted by atomic mass is 16.5. The number of carbonyl (C=O) groups excluding carboxylic acids is 1. The van der Waals surface area contributed by atoms with Crippen LogP contribution in [0.4, 0.5) is 0 Å². The summed E-state index contributed by atoms with van der Waals surface area (Å²) in [7, 11) is 1.72. The third-order valence-corrected chi connectivity index (χ3v) is 2.64. The van der Waals surface area contributed by atoms with Gasteiger partial charge in [0.2, 0.25) is 0 Å². The molecule has 0 spiro atoms. The van der Waals surface area contributed by atoms with Crippen LogP contribution in [0.25, 0.3) is 0 Å². The first-order chi connectivity index (χ1) is 8.71. The summed E-state index contributed by atoms with van der Waals surface area (Å²) in [5, 5.41) is 2.89. The maximum Gasteiger partial charge on any atom is 0.326 e. The molecule has 1 atom stereocenters. The van der Waals surface area contributed by atoms with Crippen LogP contribution in [0.3, 0.4) is 0 Å². The maximum absolute atomic E-state index is 11.6. The van der Waals surface area contributed by atoms with Crippen LogP contribution in [0.2, 0.25) is 0 Å². The number of nitrogens with one attached hydrogen (secondary N) is 1. The van der Waals surface area contributed by atoms with Gasteiger partial charge in [0, 0.05) is 0 Å². The molecule has 1 aromatic rings. The highest BCUT2D eigenvalue weighted by Gasteiger charge is 2.18. The van der Waals surface area contributed by atoms with Crippen LogP contribution in [0.15, 0.2) is 24.3 Å². The molecule has 100 valence electrons. The van der Waals surface area contributed by atoms with Gasteiger partial charge in [-0.15, -0.1) is 0 Å². The Kier molecular flexibility index (Phi) is 6.22. The molecule has 0 aliphatic carbocycles. The van der Waals surface area contributed by atoms with E-state index in [4.69, 9.17) is 9.47 Å². The summed E-state index contributed by atoms with van der Waals surface area (Å²) in [6, 6.07) is 7.44. The van der Waals surface area contributed by atoms with Crippen LogP contribution < -0.4 is 10.1 Å². The monoisotopic (exact) mass is 251 g/mol. The minimum atomic E-state index is -0.435. The van der Waals surface area contributed by atoms with Crippen molar-refractivity contribution in [2.24, 2.45) is 0 Å². The molecule has 0 radical (unpaired) electrons. The third-order valence-electron chi connectivity index (χ3n) is 2.64. The van der Waals surface area contributed by atoms with E-state index in [-0.39, 0.29) is 12.6 Å². The Labute approximate surface area is 108 Å². The molecule has 0 aliphatic heterocycles. The molecule has 4 heteroatoms. The Hall–Kier alpha value is -1.55. The van der Waals surface area contributed by atoms with Crippen LogP contribution in [0.5, 0.6) is 5.75 Å². The Balaban J connectivity index is 2.53. The van der Waals surface area contributed by atoms with Crippen molar-refractivity contribution in [2.75, 3.05) is 20.3 Å². The lowest BCUT2D eigenvalue weighted by Crippen LogP contribution is -2.40. The predicted molar refractivity (Wildman–Crippen MR) is 70.8 cm³/mol. The quantitative estimate of drug-likeness (QED) is 0.750. The standard InChI is InChI=1S/C14H21NO3/c1-4-11-7-6-8-12(9-11)18-10-13(15-3)14(16)17-5-2/h6-9,13,15H,4-5,10H2,1-3H3. The number of ether oxygens (including phenoxy) is 2. The molecule has 0 heterocycles. The van der Waals surface area contributed by atoms with E-state index in [1.54, 1.807) is 14.0 Å². The van der Waals surface area contributed by atoms with Gasteiger partial charge in [0.25, 0.3) is 0 Å². The van der Waals surface area contributed by atoms with Crippen molar-refractivity contribution < 1.29 is 14.3 Å². The highest BCUT2D eigenvalue weighted by molar-refractivity contribution is 5.75. The highest BCUT2D eigenvalue weighted by Crippen LogP contribution is 2.13. The van der Waals surface area contributed by atoms with Gasteiger partial charge in [-0.1, -0.05) is 19.1 Å². The summed E-state index contributed by atoms with van der Waals surface area (Å²) in [6.45, 7) is 4.52. The molecule has 1 N–H and O–H groups in total. The molecule has 0 aromatic heterocycles. The predicted octanol–water partition coefficient (Wildman–Crippen LogP) is 1.78. The topological polar surface area (TPSA) is 47.6 Å². The molecule has 0 bridgehead atoms. The lowest BCUT2D eigenvalue weighted by Gasteiger charge is -2.15. The van der Waals surface area contributed by atoms with E-state index in [0.29, 0.717) is 6.61 Å². The van der Waals surface area contributed by atoms with Crippen LogP contribution in [0.1, 0.15) is 19.4 Å². The minimum Gasteiger partial charge on any atom is -0.491 e. The molecular weight excluding hydrogens is 230 g/mol. The van der Waals surface area contributed by atoms with E-state index in [1.807, 2.05) is 24.3 Å². The number of hydrogen-bond acceptors (Lipinski definition) is 4. The molecule has 1 unspecified atom stereocenters. The number of benzene rings is 1. The van der Waals surface area contributed by atoms with Crippen LogP contribution >= 0.6 is 0 Å². The molecule has 1 rings (SSSR count). The third kappa shape index (κ3) is 4.37. The van der Waals surface area contributed by atoms with Crippen molar-refractivity contribution in [3.05, 3.63) is 29.8 Å². The van der Waals surface area contributed by atoms with Crippen LogP contribution in [-0.2, 0) is 16.0 Å². The van der Waals surface area contributed by atoms with E-state index in [2.05, 4.69) is 12.2 Å². The van der Waals surface area contributed by atoms with Crippen LogP contribution in [-0.4, -0.2) is 32.3 Å². The first kappa shape index (κ1) is 14.5. The number of esters is 1. The van der Waals surface area contributed by atoms with Gasteiger partial charge < -0.3 is 14.8 Å².